The van der Waals surface area contributed by atoms with E-state index in [1.165, 1.54) is 6.39 Å². The number of carbonyl (C=O) groups is 1. The van der Waals surface area contributed by atoms with Crippen LogP contribution < -0.4 is 0 Å². The molecule has 1 atom stereocenters. The van der Waals surface area contributed by atoms with Crippen molar-refractivity contribution < 1.29 is 14.1 Å². The predicted octanol–water partition coefficient (Wildman–Crippen LogP) is 2.95. The second-order valence-electron chi connectivity index (χ2n) is 5.84. The third kappa shape index (κ3) is 3.16. The van der Waals surface area contributed by atoms with Crippen molar-refractivity contribution >= 4 is 5.91 Å². The molecule has 6 nitrogen and oxygen atoms in total. The van der Waals surface area contributed by atoms with Gasteiger partial charge in [-0.2, -0.15) is 4.98 Å². The number of hydrogen-bond acceptors (Lipinski definition) is 5. The van der Waals surface area contributed by atoms with Crippen LogP contribution >= 0.6 is 0 Å². The lowest BCUT2D eigenvalue weighted by Crippen LogP contribution is -2.43. The molecule has 0 spiro atoms. The first-order chi connectivity index (χ1) is 12.3. The number of nitrogens with zero attached hydrogens (tertiary/aromatic N) is 3. The van der Waals surface area contributed by atoms with Crippen LogP contribution in [0.25, 0.3) is 11.4 Å². The topological polar surface area (TPSA) is 68.5 Å². The van der Waals surface area contributed by atoms with Crippen LogP contribution in [-0.2, 0) is 4.74 Å². The summed E-state index contributed by atoms with van der Waals surface area (Å²) in [5.74, 6) is 0.443. The average molecular weight is 335 g/mol. The molecule has 0 N–H and O–H groups in total. The Hall–Kier alpha value is -2.99. The van der Waals surface area contributed by atoms with Crippen LogP contribution in [0.2, 0.25) is 0 Å². The third-order valence-electron chi connectivity index (χ3n) is 4.30. The van der Waals surface area contributed by atoms with Crippen LogP contribution in [0.3, 0.4) is 0 Å². The first-order valence-electron chi connectivity index (χ1n) is 8.13. The van der Waals surface area contributed by atoms with Gasteiger partial charge in [0, 0.05) is 17.7 Å². The van der Waals surface area contributed by atoms with E-state index >= 15 is 0 Å². The molecule has 126 valence electrons. The molecule has 1 saturated heterocycles. The van der Waals surface area contributed by atoms with E-state index in [2.05, 4.69) is 10.1 Å². The molecule has 25 heavy (non-hydrogen) atoms. The molecule has 4 rings (SSSR count). The van der Waals surface area contributed by atoms with E-state index < -0.39 is 0 Å². The van der Waals surface area contributed by atoms with Crippen molar-refractivity contribution in [3.8, 4) is 11.4 Å². The highest BCUT2D eigenvalue weighted by molar-refractivity contribution is 5.95. The van der Waals surface area contributed by atoms with Crippen molar-refractivity contribution in [2.75, 3.05) is 19.8 Å². The highest BCUT2D eigenvalue weighted by Gasteiger charge is 2.29. The zero-order valence-corrected chi connectivity index (χ0v) is 13.5. The van der Waals surface area contributed by atoms with E-state index in [1.807, 2.05) is 53.4 Å². The summed E-state index contributed by atoms with van der Waals surface area (Å²) in [6, 6.07) is 17.2. The molecular formula is C19H17N3O3. The van der Waals surface area contributed by atoms with Gasteiger partial charge < -0.3 is 14.2 Å². The van der Waals surface area contributed by atoms with Gasteiger partial charge in [-0.15, -0.1) is 0 Å². The van der Waals surface area contributed by atoms with Crippen LogP contribution in [0.15, 0.2) is 65.5 Å². The number of hydrogen-bond donors (Lipinski definition) is 0. The molecule has 3 aromatic rings. The van der Waals surface area contributed by atoms with Gasteiger partial charge in [0.1, 0.15) is 0 Å². The first-order valence-corrected chi connectivity index (χ1v) is 8.13. The molecule has 2 heterocycles. The van der Waals surface area contributed by atoms with Crippen LogP contribution in [-0.4, -0.2) is 40.7 Å². The Labute approximate surface area is 145 Å². The fourth-order valence-electron chi connectivity index (χ4n) is 3.05. The van der Waals surface area contributed by atoms with Crippen molar-refractivity contribution in [2.45, 2.75) is 6.04 Å². The summed E-state index contributed by atoms with van der Waals surface area (Å²) in [5, 5.41) is 3.83. The number of aromatic nitrogens is 2. The van der Waals surface area contributed by atoms with Crippen LogP contribution in [0.5, 0.6) is 0 Å². The molecule has 0 aliphatic carbocycles. The van der Waals surface area contributed by atoms with Crippen LogP contribution in [0.4, 0.5) is 0 Å². The lowest BCUT2D eigenvalue weighted by Gasteiger charge is -2.36. The SMILES string of the molecule is O=C(c1cccc(-c2ncon2)c1)N1CCOC[C@@H]1c1ccccc1. The molecule has 1 aliphatic heterocycles. The average Bonchev–Trinajstić information content (AvgIpc) is 3.23. The molecule has 0 radical (unpaired) electrons. The van der Waals surface area contributed by atoms with Gasteiger partial charge in [0.15, 0.2) is 0 Å². The predicted molar refractivity (Wildman–Crippen MR) is 90.8 cm³/mol. The van der Waals surface area contributed by atoms with Gasteiger partial charge in [-0.1, -0.05) is 47.6 Å². The van der Waals surface area contributed by atoms with Crippen molar-refractivity contribution in [2.24, 2.45) is 0 Å². The van der Waals surface area contributed by atoms with Crippen LogP contribution in [0.1, 0.15) is 22.0 Å². The van der Waals surface area contributed by atoms with Crippen molar-refractivity contribution in [3.05, 3.63) is 72.1 Å². The minimum Gasteiger partial charge on any atom is -0.377 e. The molecule has 1 amide bonds. The molecule has 0 unspecified atom stereocenters. The second-order valence-corrected chi connectivity index (χ2v) is 5.84. The van der Waals surface area contributed by atoms with E-state index in [9.17, 15) is 4.79 Å². The largest absolute Gasteiger partial charge is 0.377 e. The Morgan fingerprint density at radius 3 is 2.80 bits per heavy atom. The Balaban J connectivity index is 1.64. The van der Waals surface area contributed by atoms with Crippen molar-refractivity contribution in [3.63, 3.8) is 0 Å². The van der Waals surface area contributed by atoms with Crippen molar-refractivity contribution in [1.29, 1.82) is 0 Å². The standard InChI is InChI=1S/C19H17N3O3/c23-19(16-8-4-7-15(11-16)18-20-13-25-21-18)22-9-10-24-12-17(22)14-5-2-1-3-6-14/h1-8,11,13,17H,9-10,12H2/t17-/m1/s1. The lowest BCUT2D eigenvalue weighted by atomic mass is 10.0. The quantitative estimate of drug-likeness (QED) is 0.736. The van der Waals surface area contributed by atoms with Crippen molar-refractivity contribution in [1.82, 2.24) is 15.0 Å². The number of ether oxygens (including phenoxy) is 1. The fraction of sp³-hybridized carbons (Fsp3) is 0.211. The van der Waals surface area contributed by atoms with E-state index in [1.54, 1.807) is 6.07 Å². The molecule has 6 heteroatoms. The Morgan fingerprint density at radius 1 is 1.12 bits per heavy atom. The molecule has 1 fully saturated rings. The number of benzene rings is 2. The summed E-state index contributed by atoms with van der Waals surface area (Å²) >= 11 is 0. The maximum Gasteiger partial charge on any atom is 0.254 e. The van der Waals surface area contributed by atoms with E-state index in [0.717, 1.165) is 11.1 Å². The third-order valence-corrected chi connectivity index (χ3v) is 4.30. The number of amides is 1. The molecule has 1 aliphatic rings. The maximum atomic E-state index is 13.1. The van der Waals surface area contributed by atoms with E-state index in [0.29, 0.717) is 31.1 Å². The highest BCUT2D eigenvalue weighted by Crippen LogP contribution is 2.26. The van der Waals surface area contributed by atoms with Gasteiger partial charge in [0.05, 0.1) is 19.3 Å². The summed E-state index contributed by atoms with van der Waals surface area (Å²) in [6.07, 6.45) is 1.28. The fourth-order valence-corrected chi connectivity index (χ4v) is 3.05. The Morgan fingerprint density at radius 2 is 2.00 bits per heavy atom. The molecular weight excluding hydrogens is 318 g/mol. The summed E-state index contributed by atoms with van der Waals surface area (Å²) in [7, 11) is 0. The summed E-state index contributed by atoms with van der Waals surface area (Å²) < 4.78 is 10.4. The first kappa shape index (κ1) is 15.5. The second kappa shape index (κ2) is 6.86. The monoisotopic (exact) mass is 335 g/mol. The minimum atomic E-state index is -0.0868. The molecule has 0 bridgehead atoms. The van der Waals surface area contributed by atoms with Gasteiger partial charge in [-0.05, 0) is 17.7 Å². The summed E-state index contributed by atoms with van der Waals surface area (Å²) in [6.45, 7) is 1.60. The lowest BCUT2D eigenvalue weighted by molar-refractivity contribution is -0.00269. The van der Waals surface area contributed by atoms with E-state index in [4.69, 9.17) is 9.26 Å². The van der Waals surface area contributed by atoms with Gasteiger partial charge in [0.2, 0.25) is 12.2 Å². The zero-order chi connectivity index (χ0) is 17.1. The minimum absolute atomic E-state index is 0.0255. The maximum absolute atomic E-state index is 13.1. The van der Waals surface area contributed by atoms with Gasteiger partial charge in [-0.25, -0.2) is 0 Å². The Kier molecular flexibility index (Phi) is 4.26. The van der Waals surface area contributed by atoms with Crippen LogP contribution in [0, 0.1) is 0 Å². The van der Waals surface area contributed by atoms with E-state index in [-0.39, 0.29) is 11.9 Å². The molecule has 2 aromatic carbocycles. The smallest absolute Gasteiger partial charge is 0.254 e. The molecule has 0 saturated carbocycles. The highest BCUT2D eigenvalue weighted by atomic mass is 16.5. The normalized spacial score (nSPS) is 17.4. The summed E-state index contributed by atoms with van der Waals surface area (Å²) in [4.78, 5) is 19.0. The van der Waals surface area contributed by atoms with Gasteiger partial charge in [-0.3, -0.25) is 4.79 Å². The van der Waals surface area contributed by atoms with Gasteiger partial charge in [0.25, 0.3) is 5.91 Å². The number of rotatable bonds is 3. The summed E-state index contributed by atoms with van der Waals surface area (Å²) in [5.41, 5.74) is 2.43. The number of carbonyl (C=O) groups excluding carboxylic acids is 1. The number of morpholine rings is 1. The molecule has 1 aromatic heterocycles. The van der Waals surface area contributed by atoms with Gasteiger partial charge >= 0.3 is 0 Å². The Bertz CT molecular complexity index is 849. The zero-order valence-electron chi connectivity index (χ0n) is 13.5.